The van der Waals surface area contributed by atoms with Crippen LogP contribution >= 0.6 is 11.6 Å². The van der Waals surface area contributed by atoms with Crippen LogP contribution in [0.1, 0.15) is 48.4 Å². The molecule has 17 nitrogen and oxygen atoms in total. The predicted octanol–water partition coefficient (Wildman–Crippen LogP) is 2.25. The predicted molar refractivity (Wildman–Crippen MR) is 186 cm³/mol. The topological polar surface area (TPSA) is 203 Å². The Morgan fingerprint density at radius 3 is 1.61 bits per heavy atom. The zero-order valence-electron chi connectivity index (χ0n) is 27.8. The molecule has 0 saturated carbocycles. The zero-order chi connectivity index (χ0) is 36.0. The first-order valence-corrected chi connectivity index (χ1v) is 15.1. The minimum absolute atomic E-state index is 0.109. The Balaban J connectivity index is 1.37. The van der Waals surface area contributed by atoms with Gasteiger partial charge in [0.2, 0.25) is 0 Å². The van der Waals surface area contributed by atoms with Crippen LogP contribution in [0.5, 0.6) is 0 Å². The molecule has 6 N–H and O–H groups in total. The highest BCUT2D eigenvalue weighted by atomic mass is 35.5. The van der Waals surface area contributed by atoms with E-state index in [0.717, 1.165) is 5.84 Å². The van der Waals surface area contributed by atoms with Gasteiger partial charge in [0.25, 0.3) is 29.5 Å². The summed E-state index contributed by atoms with van der Waals surface area (Å²) in [4.78, 5) is 67.8. The van der Waals surface area contributed by atoms with Gasteiger partial charge < -0.3 is 45.6 Å². The summed E-state index contributed by atoms with van der Waals surface area (Å²) in [6, 6.07) is 5.94. The number of nitrogens with one attached hydrogen (secondary N) is 6. The van der Waals surface area contributed by atoms with Crippen molar-refractivity contribution in [2.75, 3.05) is 41.9 Å². The molecule has 4 rings (SSSR count). The highest BCUT2D eigenvalue weighted by molar-refractivity contribution is 6.43. The molecule has 0 saturated heterocycles. The fourth-order valence-corrected chi connectivity index (χ4v) is 4.87. The Labute approximate surface area is 286 Å². The molecule has 49 heavy (non-hydrogen) atoms. The summed E-state index contributed by atoms with van der Waals surface area (Å²) in [5, 5.41) is 20.3. The van der Waals surface area contributed by atoms with Gasteiger partial charge in [-0.25, -0.2) is 0 Å². The second-order valence-corrected chi connectivity index (χ2v) is 11.3. The molecule has 0 aromatic carbocycles. The summed E-state index contributed by atoms with van der Waals surface area (Å²) >= 11 is 5.59. The van der Waals surface area contributed by atoms with Crippen LogP contribution in [-0.4, -0.2) is 79.5 Å². The fourth-order valence-electron chi connectivity index (χ4n) is 4.82. The van der Waals surface area contributed by atoms with E-state index in [0.29, 0.717) is 35.7 Å². The number of rotatable bonds is 12. The summed E-state index contributed by atoms with van der Waals surface area (Å²) in [6.07, 6.45) is 5.31. The Morgan fingerprint density at radius 2 is 1.18 bits per heavy atom. The Kier molecular flexibility index (Phi) is 11.1. The van der Waals surface area contributed by atoms with Crippen molar-refractivity contribution in [1.29, 1.82) is 0 Å². The summed E-state index contributed by atoms with van der Waals surface area (Å²) in [6.45, 7) is 3.73. The van der Waals surface area contributed by atoms with Gasteiger partial charge in [0.05, 0.1) is 27.9 Å². The number of amides is 5. The Bertz CT molecular complexity index is 1980. The first kappa shape index (κ1) is 35.7. The molecule has 0 unspecified atom stereocenters. The molecule has 0 radical (unpaired) electrons. The maximum Gasteiger partial charge on any atom is 0.274 e. The van der Waals surface area contributed by atoms with Crippen LogP contribution in [0, 0.1) is 0 Å². The number of aromatic nitrogens is 5. The molecule has 5 amide bonds. The number of nitrogens with zero attached hydrogens (tertiary/aromatic N) is 6. The van der Waals surface area contributed by atoms with E-state index in [4.69, 9.17) is 11.6 Å². The third-order valence-electron chi connectivity index (χ3n) is 7.29. The van der Waals surface area contributed by atoms with Gasteiger partial charge in [0.15, 0.2) is 5.82 Å². The van der Waals surface area contributed by atoms with Crippen molar-refractivity contribution in [2.45, 2.75) is 6.42 Å². The van der Waals surface area contributed by atoms with E-state index in [1.54, 1.807) is 69.0 Å². The minimum Gasteiger partial charge on any atom is -0.377 e. The SMILES string of the molecule is C=C(Cl)C(=O)Nc1cc(C(=O)Nc2cc(C(=O)Nc3cc(C(=O)Nc4cc(C(=O)NCCC(=NC)NC)n(C)c4)n(C)c3)n(C)c2)n(C)n1. The van der Waals surface area contributed by atoms with Gasteiger partial charge in [-0.05, 0) is 18.2 Å². The molecule has 18 heteroatoms. The van der Waals surface area contributed by atoms with Gasteiger partial charge in [-0.1, -0.05) is 18.2 Å². The van der Waals surface area contributed by atoms with Crippen LogP contribution in [0.4, 0.5) is 22.9 Å². The van der Waals surface area contributed by atoms with Gasteiger partial charge >= 0.3 is 0 Å². The number of anilines is 4. The van der Waals surface area contributed by atoms with Crippen molar-refractivity contribution in [2.24, 2.45) is 33.2 Å². The van der Waals surface area contributed by atoms with Gasteiger partial charge in [-0.15, -0.1) is 0 Å². The average Bonchev–Trinajstić information content (AvgIpc) is 3.80. The molecule has 0 aliphatic carbocycles. The van der Waals surface area contributed by atoms with E-state index >= 15 is 0 Å². The van der Waals surface area contributed by atoms with Crippen LogP contribution in [-0.2, 0) is 33.0 Å². The number of aryl methyl sites for hydroxylation is 4. The summed E-state index contributed by atoms with van der Waals surface area (Å²) in [5.41, 5.74) is 2.09. The van der Waals surface area contributed by atoms with E-state index in [1.165, 1.54) is 34.5 Å². The normalized spacial score (nSPS) is 11.1. The summed E-state index contributed by atoms with van der Waals surface area (Å²) in [5.74, 6) is -1.55. The first-order chi connectivity index (χ1) is 23.2. The highest BCUT2D eigenvalue weighted by Crippen LogP contribution is 2.20. The third-order valence-corrected chi connectivity index (χ3v) is 7.46. The van der Waals surface area contributed by atoms with Crippen molar-refractivity contribution in [3.8, 4) is 0 Å². The van der Waals surface area contributed by atoms with Gasteiger partial charge in [0, 0.05) is 79.9 Å². The number of hydrogen-bond acceptors (Lipinski definition) is 7. The van der Waals surface area contributed by atoms with Crippen LogP contribution in [0.2, 0.25) is 0 Å². The van der Waals surface area contributed by atoms with Gasteiger partial charge in [-0.2, -0.15) is 5.10 Å². The molecule has 0 bridgehead atoms. The molecule has 0 spiro atoms. The molecule has 4 aromatic rings. The smallest absolute Gasteiger partial charge is 0.274 e. The van der Waals surface area contributed by atoms with E-state index in [9.17, 15) is 24.0 Å². The lowest BCUT2D eigenvalue weighted by molar-refractivity contribution is -0.112. The second-order valence-electron chi connectivity index (χ2n) is 10.9. The molecule has 258 valence electrons. The van der Waals surface area contributed by atoms with Crippen LogP contribution in [0.25, 0.3) is 0 Å². The molecule has 0 fully saturated rings. The third kappa shape index (κ3) is 8.63. The molecule has 0 aliphatic heterocycles. The quantitative estimate of drug-likeness (QED) is 0.0742. The van der Waals surface area contributed by atoms with Crippen molar-refractivity contribution in [1.82, 2.24) is 34.1 Å². The van der Waals surface area contributed by atoms with Crippen molar-refractivity contribution in [3.05, 3.63) is 77.2 Å². The van der Waals surface area contributed by atoms with E-state index in [-0.39, 0.29) is 33.8 Å². The maximum absolute atomic E-state index is 13.2. The van der Waals surface area contributed by atoms with Crippen LogP contribution in [0.3, 0.4) is 0 Å². The van der Waals surface area contributed by atoms with Crippen molar-refractivity contribution < 1.29 is 24.0 Å². The zero-order valence-corrected chi connectivity index (χ0v) is 28.5. The summed E-state index contributed by atoms with van der Waals surface area (Å²) < 4.78 is 5.97. The van der Waals surface area contributed by atoms with Gasteiger partial charge in [0.1, 0.15) is 22.8 Å². The Hall–Kier alpha value is -6.10. The molecule has 0 aliphatic rings. The molecule has 4 aromatic heterocycles. The van der Waals surface area contributed by atoms with Crippen LogP contribution < -0.4 is 31.9 Å². The maximum atomic E-state index is 13.2. The van der Waals surface area contributed by atoms with E-state index < -0.39 is 23.6 Å². The molecule has 0 atom stereocenters. The van der Waals surface area contributed by atoms with Gasteiger partial charge in [-0.3, -0.25) is 33.6 Å². The standard InChI is InChI=1S/C31H37ClN12O5/c1-17(32)27(45)39-26-13-24(44(7)40-26)31(49)38-20-12-23(43(6)16-20)30(48)37-19-11-22(42(5)15-19)29(47)36-18-10-21(41(4)14-18)28(46)35-9-8-25(33-2)34-3/h10-16H,1,8-9H2,2-7H3,(H,33,34)(H,35,46)(H,36,47)(H,37,48)(H,38,49)(H,39,40,45). The fraction of sp³-hybridized carbons (Fsp3) is 0.258. The number of hydrogen-bond donors (Lipinski definition) is 6. The van der Waals surface area contributed by atoms with E-state index in [2.05, 4.69) is 48.6 Å². The highest BCUT2D eigenvalue weighted by Gasteiger charge is 2.20. The number of carbonyl (C=O) groups is 5. The second kappa shape index (κ2) is 15.2. The number of aliphatic imine (C=N–C) groups is 1. The van der Waals surface area contributed by atoms with Crippen molar-refractivity contribution >= 4 is 69.9 Å². The minimum atomic E-state index is -0.652. The molecular formula is C31H37ClN12O5. The number of halogens is 1. The first-order valence-electron chi connectivity index (χ1n) is 14.7. The molecule has 4 heterocycles. The van der Waals surface area contributed by atoms with Crippen molar-refractivity contribution in [3.63, 3.8) is 0 Å². The Morgan fingerprint density at radius 1 is 0.735 bits per heavy atom. The monoisotopic (exact) mass is 692 g/mol. The lowest BCUT2D eigenvalue weighted by Gasteiger charge is -2.07. The average molecular weight is 693 g/mol. The number of amidine groups is 1. The van der Waals surface area contributed by atoms with E-state index in [1.807, 2.05) is 0 Å². The number of carbonyl (C=O) groups excluding carboxylic acids is 5. The lowest BCUT2D eigenvalue weighted by Crippen LogP contribution is -2.30. The molecular weight excluding hydrogens is 656 g/mol. The van der Waals surface area contributed by atoms with Crippen LogP contribution in [0.15, 0.2) is 59.5 Å². The summed E-state index contributed by atoms with van der Waals surface area (Å²) in [7, 11) is 9.95. The lowest BCUT2D eigenvalue weighted by atomic mass is 10.3. The largest absolute Gasteiger partial charge is 0.377 e.